The van der Waals surface area contributed by atoms with Gasteiger partial charge in [0, 0.05) is 5.41 Å². The maximum atomic E-state index is 13.1. The molecule has 1 saturated carbocycles. The van der Waals surface area contributed by atoms with Crippen LogP contribution in [0.25, 0.3) is 0 Å². The van der Waals surface area contributed by atoms with Gasteiger partial charge in [0.25, 0.3) is 0 Å². The number of benzene rings is 1. The second kappa shape index (κ2) is 4.24. The van der Waals surface area contributed by atoms with E-state index < -0.39 is 11.4 Å². The highest BCUT2D eigenvalue weighted by Gasteiger charge is 2.35. The number of carboxylic acids is 1. The molecule has 0 unspecified atom stereocenters. The Balaban J connectivity index is 2.42. The topological polar surface area (TPSA) is 40.1 Å². The summed E-state index contributed by atoms with van der Waals surface area (Å²) in [5, 5.41) is 11.4. The van der Waals surface area contributed by atoms with Crippen LogP contribution in [-0.4, -0.2) is 5.97 Å². The van der Waals surface area contributed by atoms with E-state index >= 15 is 0 Å². The summed E-state index contributed by atoms with van der Waals surface area (Å²) in [6.45, 7) is 0. The zero-order chi connectivity index (χ0) is 11.6. The fourth-order valence-corrected chi connectivity index (χ4v) is 2.55. The number of carbonyl (C=O) groups excluding carboxylic acids is 1. The molecule has 0 aliphatic heterocycles. The highest BCUT2D eigenvalue weighted by Crippen LogP contribution is 2.39. The molecule has 1 aliphatic carbocycles. The molecule has 1 aliphatic rings. The molecule has 0 atom stereocenters. The molecule has 0 aromatic heterocycles. The first-order valence-electron chi connectivity index (χ1n) is 5.63. The molecule has 0 radical (unpaired) electrons. The van der Waals surface area contributed by atoms with E-state index in [1.807, 2.05) is 0 Å². The van der Waals surface area contributed by atoms with Crippen molar-refractivity contribution in [3.05, 3.63) is 35.6 Å². The van der Waals surface area contributed by atoms with Crippen LogP contribution in [0.1, 0.15) is 37.7 Å². The number of hydrogen-bond acceptors (Lipinski definition) is 2. The van der Waals surface area contributed by atoms with Crippen molar-refractivity contribution in [3.63, 3.8) is 0 Å². The van der Waals surface area contributed by atoms with Crippen LogP contribution in [0.15, 0.2) is 24.3 Å². The van der Waals surface area contributed by atoms with Gasteiger partial charge >= 0.3 is 0 Å². The molecule has 1 fully saturated rings. The first-order valence-corrected chi connectivity index (χ1v) is 5.63. The van der Waals surface area contributed by atoms with Gasteiger partial charge in [-0.25, -0.2) is 4.39 Å². The summed E-state index contributed by atoms with van der Waals surface area (Å²) in [5.41, 5.74) is -0.424. The molecule has 0 heterocycles. The van der Waals surface area contributed by atoms with Gasteiger partial charge < -0.3 is 9.90 Å². The Labute approximate surface area is 94.1 Å². The number of aliphatic carboxylic acids is 1. The molecule has 1 aromatic carbocycles. The molecule has 0 saturated heterocycles. The summed E-state index contributed by atoms with van der Waals surface area (Å²) < 4.78 is 13.1. The number of carbonyl (C=O) groups is 1. The molecule has 2 nitrogen and oxygen atoms in total. The van der Waals surface area contributed by atoms with E-state index in [9.17, 15) is 14.3 Å². The summed E-state index contributed by atoms with van der Waals surface area (Å²) in [4.78, 5) is 11.4. The molecule has 3 heteroatoms. The lowest BCUT2D eigenvalue weighted by Crippen LogP contribution is -2.47. The number of hydrogen-bond donors (Lipinski definition) is 0. The van der Waals surface area contributed by atoms with Gasteiger partial charge in [0.05, 0.1) is 5.97 Å². The van der Waals surface area contributed by atoms with E-state index in [2.05, 4.69) is 0 Å². The van der Waals surface area contributed by atoms with E-state index in [1.54, 1.807) is 12.1 Å². The van der Waals surface area contributed by atoms with Gasteiger partial charge in [0.2, 0.25) is 0 Å². The van der Waals surface area contributed by atoms with Crippen LogP contribution in [0.2, 0.25) is 0 Å². The molecule has 0 N–H and O–H groups in total. The molecule has 16 heavy (non-hydrogen) atoms. The van der Waals surface area contributed by atoms with E-state index in [1.165, 1.54) is 12.1 Å². The standard InChI is InChI=1S/C13H15FO2/c14-11-6-4-5-10(9-11)13(12(15)16)7-2-1-3-8-13/h4-6,9H,1-3,7-8H2,(H,15,16)/p-1. The Hall–Kier alpha value is -1.38. The molecule has 86 valence electrons. The molecule has 0 spiro atoms. The summed E-state index contributed by atoms with van der Waals surface area (Å²) in [6, 6.07) is 5.89. The van der Waals surface area contributed by atoms with Gasteiger partial charge in [0.15, 0.2) is 0 Å². The molecule has 2 rings (SSSR count). The van der Waals surface area contributed by atoms with Crippen LogP contribution in [-0.2, 0) is 10.2 Å². The van der Waals surface area contributed by atoms with Crippen molar-refractivity contribution < 1.29 is 14.3 Å². The highest BCUT2D eigenvalue weighted by atomic mass is 19.1. The lowest BCUT2D eigenvalue weighted by molar-refractivity contribution is -0.315. The minimum Gasteiger partial charge on any atom is -0.549 e. The van der Waals surface area contributed by atoms with Crippen LogP contribution in [0.4, 0.5) is 4.39 Å². The van der Waals surface area contributed by atoms with Gasteiger partial charge in [-0.1, -0.05) is 31.4 Å². The van der Waals surface area contributed by atoms with Crippen LogP contribution < -0.4 is 5.11 Å². The monoisotopic (exact) mass is 221 g/mol. The third-order valence-electron chi connectivity index (χ3n) is 3.48. The van der Waals surface area contributed by atoms with Crippen LogP contribution in [0.5, 0.6) is 0 Å². The predicted molar refractivity (Wildman–Crippen MR) is 56.2 cm³/mol. The Bertz CT molecular complexity index is 395. The predicted octanol–water partition coefficient (Wildman–Crippen LogP) is 1.78. The third kappa shape index (κ3) is 1.82. The van der Waals surface area contributed by atoms with Gasteiger partial charge in [0.1, 0.15) is 5.82 Å². The number of carboxylic acid groups (broad SMARTS) is 1. The van der Waals surface area contributed by atoms with Crippen molar-refractivity contribution in [2.45, 2.75) is 37.5 Å². The molecular formula is C13H14FO2-. The fraction of sp³-hybridized carbons (Fsp3) is 0.462. The lowest BCUT2D eigenvalue weighted by atomic mass is 9.69. The maximum Gasteiger partial charge on any atom is 0.123 e. The Morgan fingerprint density at radius 1 is 1.25 bits per heavy atom. The SMILES string of the molecule is O=C([O-])C1(c2cccc(F)c2)CCCCC1. The van der Waals surface area contributed by atoms with Crippen molar-refractivity contribution in [1.29, 1.82) is 0 Å². The largest absolute Gasteiger partial charge is 0.549 e. The first kappa shape index (κ1) is 11.1. The second-order valence-electron chi connectivity index (χ2n) is 4.44. The van der Waals surface area contributed by atoms with Crippen molar-refractivity contribution >= 4 is 5.97 Å². The average Bonchev–Trinajstić information content (AvgIpc) is 2.30. The zero-order valence-corrected chi connectivity index (χ0v) is 9.04. The quantitative estimate of drug-likeness (QED) is 0.763. The van der Waals surface area contributed by atoms with Crippen molar-refractivity contribution in [3.8, 4) is 0 Å². The van der Waals surface area contributed by atoms with E-state index in [-0.39, 0.29) is 5.82 Å². The van der Waals surface area contributed by atoms with Gasteiger partial charge in [-0.2, -0.15) is 0 Å². The molecular weight excluding hydrogens is 207 g/mol. The van der Waals surface area contributed by atoms with E-state index in [0.29, 0.717) is 18.4 Å². The van der Waals surface area contributed by atoms with Crippen LogP contribution in [0, 0.1) is 5.82 Å². The number of rotatable bonds is 2. The Morgan fingerprint density at radius 2 is 1.94 bits per heavy atom. The number of halogens is 1. The average molecular weight is 221 g/mol. The molecule has 0 bridgehead atoms. The Morgan fingerprint density at radius 3 is 2.50 bits per heavy atom. The van der Waals surface area contributed by atoms with E-state index in [0.717, 1.165) is 19.3 Å². The van der Waals surface area contributed by atoms with Gasteiger partial charge in [-0.3, -0.25) is 0 Å². The summed E-state index contributed by atoms with van der Waals surface area (Å²) in [5.74, 6) is -1.46. The minimum atomic E-state index is -1.07. The van der Waals surface area contributed by atoms with Crippen molar-refractivity contribution in [1.82, 2.24) is 0 Å². The van der Waals surface area contributed by atoms with Crippen LogP contribution in [0.3, 0.4) is 0 Å². The molecule has 1 aromatic rings. The van der Waals surface area contributed by atoms with Gasteiger partial charge in [-0.05, 0) is 30.5 Å². The lowest BCUT2D eigenvalue weighted by Gasteiger charge is -2.38. The summed E-state index contributed by atoms with van der Waals surface area (Å²) in [6.07, 6.45) is 3.89. The van der Waals surface area contributed by atoms with Crippen molar-refractivity contribution in [2.75, 3.05) is 0 Å². The minimum absolute atomic E-state index is 0.385. The third-order valence-corrected chi connectivity index (χ3v) is 3.48. The van der Waals surface area contributed by atoms with Crippen molar-refractivity contribution in [2.24, 2.45) is 0 Å². The fourth-order valence-electron chi connectivity index (χ4n) is 2.55. The smallest absolute Gasteiger partial charge is 0.123 e. The first-order chi connectivity index (χ1) is 7.65. The normalized spacial score (nSPS) is 19.3. The zero-order valence-electron chi connectivity index (χ0n) is 9.04. The summed E-state index contributed by atoms with van der Waals surface area (Å²) >= 11 is 0. The molecule has 0 amide bonds. The van der Waals surface area contributed by atoms with E-state index in [4.69, 9.17) is 0 Å². The maximum absolute atomic E-state index is 13.1. The highest BCUT2D eigenvalue weighted by molar-refractivity contribution is 5.79. The summed E-state index contributed by atoms with van der Waals surface area (Å²) in [7, 11) is 0. The second-order valence-corrected chi connectivity index (χ2v) is 4.44. The van der Waals surface area contributed by atoms with Gasteiger partial charge in [-0.15, -0.1) is 0 Å². The van der Waals surface area contributed by atoms with Crippen LogP contribution >= 0.6 is 0 Å². The Kier molecular flexibility index (Phi) is 2.95.